The van der Waals surface area contributed by atoms with Gasteiger partial charge < -0.3 is 10.5 Å². The van der Waals surface area contributed by atoms with Gasteiger partial charge in [-0.1, -0.05) is 52.0 Å². The highest BCUT2D eigenvalue weighted by atomic mass is 16.5. The minimum Gasteiger partial charge on any atom is -0.376 e. The van der Waals surface area contributed by atoms with Crippen LogP contribution < -0.4 is 5.73 Å². The number of rotatable bonds is 4. The molecule has 1 aromatic carbocycles. The van der Waals surface area contributed by atoms with Crippen LogP contribution in [0.2, 0.25) is 0 Å². The first kappa shape index (κ1) is 16.5. The maximum atomic E-state index is 6.27. The predicted molar refractivity (Wildman–Crippen MR) is 89.4 cm³/mol. The quantitative estimate of drug-likeness (QED) is 0.880. The van der Waals surface area contributed by atoms with Gasteiger partial charge in [-0.3, -0.25) is 0 Å². The molecule has 1 aromatic rings. The van der Waals surface area contributed by atoms with Crippen molar-refractivity contribution < 1.29 is 4.74 Å². The van der Waals surface area contributed by atoms with Gasteiger partial charge in [0, 0.05) is 0 Å². The maximum Gasteiger partial charge on any atom is 0.0663 e. The smallest absolute Gasteiger partial charge is 0.0663 e. The van der Waals surface area contributed by atoms with Crippen molar-refractivity contribution in [3.63, 3.8) is 0 Å². The number of benzene rings is 1. The molecule has 0 aliphatic heterocycles. The molecule has 2 nitrogen and oxygen atoms in total. The highest BCUT2D eigenvalue weighted by molar-refractivity contribution is 5.29. The topological polar surface area (TPSA) is 35.2 Å². The van der Waals surface area contributed by atoms with Gasteiger partial charge in [0.1, 0.15) is 0 Å². The molecule has 1 atom stereocenters. The van der Waals surface area contributed by atoms with E-state index in [1.807, 2.05) is 0 Å². The molecule has 2 rings (SSSR count). The zero-order chi connectivity index (χ0) is 15.5. The predicted octanol–water partition coefficient (Wildman–Crippen LogP) is 4.58. The lowest BCUT2D eigenvalue weighted by Crippen LogP contribution is -2.25. The van der Waals surface area contributed by atoms with Crippen LogP contribution in [0.3, 0.4) is 0 Å². The van der Waals surface area contributed by atoms with E-state index in [1.54, 1.807) is 0 Å². The van der Waals surface area contributed by atoms with Crippen molar-refractivity contribution in [1.82, 2.24) is 0 Å². The molecule has 1 aliphatic rings. The van der Waals surface area contributed by atoms with Gasteiger partial charge in [0.05, 0.1) is 18.8 Å². The average Bonchev–Trinajstić information content (AvgIpc) is 2.45. The van der Waals surface area contributed by atoms with Crippen LogP contribution in [-0.2, 0) is 10.2 Å². The highest BCUT2D eigenvalue weighted by Crippen LogP contribution is 2.27. The van der Waals surface area contributed by atoms with Gasteiger partial charge in [0.25, 0.3) is 0 Å². The summed E-state index contributed by atoms with van der Waals surface area (Å²) >= 11 is 0. The van der Waals surface area contributed by atoms with Gasteiger partial charge >= 0.3 is 0 Å². The standard InChI is InChI=1S/C19H31NO/c1-14-5-11-17(12-6-14)21-13-18(20)15-7-9-16(10-8-15)19(2,3)4/h7-10,14,17-18H,5-6,11-13,20H2,1-4H3. The normalized spacial score (nSPS) is 24.8. The number of hydrogen-bond donors (Lipinski definition) is 1. The Kier molecular flexibility index (Phi) is 5.45. The Morgan fingerprint density at radius 3 is 2.19 bits per heavy atom. The van der Waals surface area contributed by atoms with E-state index in [2.05, 4.69) is 52.0 Å². The van der Waals surface area contributed by atoms with Crippen LogP contribution in [0.25, 0.3) is 0 Å². The van der Waals surface area contributed by atoms with Crippen molar-refractivity contribution in [2.75, 3.05) is 6.61 Å². The van der Waals surface area contributed by atoms with Crippen LogP contribution in [0, 0.1) is 5.92 Å². The molecule has 0 amide bonds. The lowest BCUT2D eigenvalue weighted by atomic mass is 9.86. The summed E-state index contributed by atoms with van der Waals surface area (Å²) in [6, 6.07) is 8.67. The molecule has 0 bridgehead atoms. The van der Waals surface area contributed by atoms with Crippen LogP contribution in [0.1, 0.15) is 70.5 Å². The molecule has 2 heteroatoms. The maximum absolute atomic E-state index is 6.27. The summed E-state index contributed by atoms with van der Waals surface area (Å²) in [5.74, 6) is 0.864. The molecule has 0 saturated heterocycles. The summed E-state index contributed by atoms with van der Waals surface area (Å²) in [5, 5.41) is 0. The Bertz CT molecular complexity index is 424. The fourth-order valence-electron chi connectivity index (χ4n) is 2.96. The summed E-state index contributed by atoms with van der Waals surface area (Å²) in [6.45, 7) is 9.66. The molecular formula is C19H31NO. The number of hydrogen-bond acceptors (Lipinski definition) is 2. The lowest BCUT2D eigenvalue weighted by molar-refractivity contribution is 0.0126. The van der Waals surface area contributed by atoms with Crippen LogP contribution >= 0.6 is 0 Å². The van der Waals surface area contributed by atoms with Gasteiger partial charge in [0.15, 0.2) is 0 Å². The fourth-order valence-corrected chi connectivity index (χ4v) is 2.96. The summed E-state index contributed by atoms with van der Waals surface area (Å²) in [5.41, 5.74) is 8.99. The summed E-state index contributed by atoms with van der Waals surface area (Å²) in [7, 11) is 0. The van der Waals surface area contributed by atoms with Crippen molar-refractivity contribution in [2.45, 2.75) is 70.9 Å². The molecule has 0 spiro atoms. The zero-order valence-corrected chi connectivity index (χ0v) is 14.1. The Hall–Kier alpha value is -0.860. The highest BCUT2D eigenvalue weighted by Gasteiger charge is 2.20. The minimum atomic E-state index is -0.0154. The summed E-state index contributed by atoms with van der Waals surface area (Å²) in [6.07, 6.45) is 5.38. The van der Waals surface area contributed by atoms with E-state index in [0.29, 0.717) is 12.7 Å². The lowest BCUT2D eigenvalue weighted by Gasteiger charge is -2.27. The first-order valence-electron chi connectivity index (χ1n) is 8.34. The summed E-state index contributed by atoms with van der Waals surface area (Å²) in [4.78, 5) is 0. The second kappa shape index (κ2) is 6.93. The largest absolute Gasteiger partial charge is 0.376 e. The van der Waals surface area contributed by atoms with E-state index < -0.39 is 0 Å². The van der Waals surface area contributed by atoms with E-state index in [0.717, 1.165) is 5.92 Å². The molecule has 1 fully saturated rings. The van der Waals surface area contributed by atoms with Crippen molar-refractivity contribution >= 4 is 0 Å². The second-order valence-corrected chi connectivity index (χ2v) is 7.69. The van der Waals surface area contributed by atoms with Crippen LogP contribution in [0.15, 0.2) is 24.3 Å². The third-order valence-corrected chi connectivity index (χ3v) is 4.68. The third-order valence-electron chi connectivity index (χ3n) is 4.68. The van der Waals surface area contributed by atoms with Crippen LogP contribution in [0.5, 0.6) is 0 Å². The van der Waals surface area contributed by atoms with Crippen LogP contribution in [0.4, 0.5) is 0 Å². The van der Waals surface area contributed by atoms with E-state index in [1.165, 1.54) is 36.8 Å². The first-order valence-corrected chi connectivity index (χ1v) is 8.34. The fraction of sp³-hybridized carbons (Fsp3) is 0.684. The van der Waals surface area contributed by atoms with Crippen molar-refractivity contribution in [2.24, 2.45) is 11.7 Å². The Labute approximate surface area is 130 Å². The molecule has 1 aliphatic carbocycles. The van der Waals surface area contributed by atoms with E-state index in [9.17, 15) is 0 Å². The molecule has 21 heavy (non-hydrogen) atoms. The monoisotopic (exact) mass is 289 g/mol. The third kappa shape index (κ3) is 4.82. The number of nitrogens with two attached hydrogens (primary N) is 1. The first-order chi connectivity index (χ1) is 9.86. The SMILES string of the molecule is CC1CCC(OCC(N)c2ccc(C(C)(C)C)cc2)CC1. The van der Waals surface area contributed by atoms with E-state index >= 15 is 0 Å². The molecule has 0 radical (unpaired) electrons. The average molecular weight is 289 g/mol. The molecular weight excluding hydrogens is 258 g/mol. The van der Waals surface area contributed by atoms with Crippen LogP contribution in [-0.4, -0.2) is 12.7 Å². The molecule has 1 unspecified atom stereocenters. The Balaban J connectivity index is 1.84. The van der Waals surface area contributed by atoms with E-state index in [4.69, 9.17) is 10.5 Å². The van der Waals surface area contributed by atoms with Gasteiger partial charge in [0.2, 0.25) is 0 Å². The molecule has 118 valence electrons. The van der Waals surface area contributed by atoms with Crippen molar-refractivity contribution in [3.05, 3.63) is 35.4 Å². The van der Waals surface area contributed by atoms with Crippen molar-refractivity contribution in [3.8, 4) is 0 Å². The van der Waals surface area contributed by atoms with Gasteiger partial charge in [-0.25, -0.2) is 0 Å². The Morgan fingerprint density at radius 1 is 1.10 bits per heavy atom. The van der Waals surface area contributed by atoms with Gasteiger partial charge in [-0.2, -0.15) is 0 Å². The zero-order valence-electron chi connectivity index (χ0n) is 14.1. The van der Waals surface area contributed by atoms with E-state index in [-0.39, 0.29) is 11.5 Å². The summed E-state index contributed by atoms with van der Waals surface area (Å²) < 4.78 is 6.02. The van der Waals surface area contributed by atoms with Gasteiger partial charge in [-0.05, 0) is 48.1 Å². The molecule has 0 aromatic heterocycles. The second-order valence-electron chi connectivity index (χ2n) is 7.69. The number of ether oxygens (including phenoxy) is 1. The minimum absolute atomic E-state index is 0.0154. The molecule has 1 saturated carbocycles. The molecule has 0 heterocycles. The Morgan fingerprint density at radius 2 is 1.67 bits per heavy atom. The molecule has 2 N–H and O–H groups in total. The van der Waals surface area contributed by atoms with Crippen molar-refractivity contribution in [1.29, 1.82) is 0 Å². The van der Waals surface area contributed by atoms with Gasteiger partial charge in [-0.15, -0.1) is 0 Å².